The molecule has 1 unspecified atom stereocenters. The van der Waals surface area contributed by atoms with Crippen LogP contribution in [-0.2, 0) is 0 Å². The van der Waals surface area contributed by atoms with E-state index in [1.54, 1.807) is 6.07 Å². The van der Waals surface area contributed by atoms with Crippen LogP contribution in [0.15, 0.2) is 18.2 Å². The maximum Gasteiger partial charge on any atom is 0.123 e. The highest BCUT2D eigenvalue weighted by atomic mass is 35.5. The number of halogens is 2. The number of hydrogen-bond donors (Lipinski definition) is 0. The van der Waals surface area contributed by atoms with Crippen molar-refractivity contribution in [1.82, 2.24) is 0 Å². The van der Waals surface area contributed by atoms with Crippen LogP contribution in [0.3, 0.4) is 0 Å². The molecular formula is C13H18ClFO. The monoisotopic (exact) mass is 244 g/mol. The first kappa shape index (κ1) is 13.3. The highest BCUT2D eigenvalue weighted by molar-refractivity contribution is 6.17. The van der Waals surface area contributed by atoms with Gasteiger partial charge < -0.3 is 4.74 Å². The summed E-state index contributed by atoms with van der Waals surface area (Å²) in [6.07, 6.45) is 1.98. The Morgan fingerprint density at radius 1 is 1.38 bits per heavy atom. The van der Waals surface area contributed by atoms with Gasteiger partial charge in [0.15, 0.2) is 0 Å². The molecule has 0 bridgehead atoms. The summed E-state index contributed by atoms with van der Waals surface area (Å²) in [5.74, 6) is 1.80. The SMILES string of the molecule is Cc1cc(F)ccc1OCCC(C)CCCl. The summed E-state index contributed by atoms with van der Waals surface area (Å²) in [6.45, 7) is 4.66. The molecule has 0 fully saturated rings. The zero-order valence-corrected chi connectivity index (χ0v) is 10.6. The van der Waals surface area contributed by atoms with Crippen LogP contribution in [0.1, 0.15) is 25.3 Å². The lowest BCUT2D eigenvalue weighted by Gasteiger charge is -2.12. The van der Waals surface area contributed by atoms with Crippen molar-refractivity contribution in [3.63, 3.8) is 0 Å². The summed E-state index contributed by atoms with van der Waals surface area (Å²) in [5.41, 5.74) is 0.838. The van der Waals surface area contributed by atoms with Crippen LogP contribution in [0.5, 0.6) is 5.75 Å². The number of aryl methyl sites for hydroxylation is 1. The van der Waals surface area contributed by atoms with Crippen LogP contribution in [0.2, 0.25) is 0 Å². The van der Waals surface area contributed by atoms with Gasteiger partial charge in [0.2, 0.25) is 0 Å². The number of rotatable bonds is 6. The Labute approximate surface area is 102 Å². The van der Waals surface area contributed by atoms with Gasteiger partial charge in [-0.05, 0) is 49.4 Å². The standard InChI is InChI=1S/C13H18ClFO/c1-10(5-7-14)6-8-16-13-4-3-12(15)9-11(13)2/h3-4,9-10H,5-8H2,1-2H3. The number of benzene rings is 1. The summed E-state index contributed by atoms with van der Waals surface area (Å²) >= 11 is 5.65. The number of ether oxygens (including phenoxy) is 1. The molecule has 1 rings (SSSR count). The molecule has 90 valence electrons. The first-order chi connectivity index (χ1) is 7.63. The Balaban J connectivity index is 2.37. The van der Waals surface area contributed by atoms with Gasteiger partial charge in [0.1, 0.15) is 11.6 Å². The van der Waals surface area contributed by atoms with Gasteiger partial charge in [-0.1, -0.05) is 6.92 Å². The highest BCUT2D eigenvalue weighted by Crippen LogP contribution is 2.19. The highest BCUT2D eigenvalue weighted by Gasteiger charge is 2.04. The van der Waals surface area contributed by atoms with Crippen LogP contribution in [-0.4, -0.2) is 12.5 Å². The van der Waals surface area contributed by atoms with E-state index in [4.69, 9.17) is 16.3 Å². The molecule has 0 N–H and O–H groups in total. The molecule has 0 aliphatic heterocycles. The third-order valence-electron chi connectivity index (χ3n) is 2.61. The molecule has 16 heavy (non-hydrogen) atoms. The minimum Gasteiger partial charge on any atom is -0.493 e. The van der Waals surface area contributed by atoms with Crippen molar-refractivity contribution in [2.75, 3.05) is 12.5 Å². The quantitative estimate of drug-likeness (QED) is 0.683. The van der Waals surface area contributed by atoms with Crippen molar-refractivity contribution in [3.05, 3.63) is 29.6 Å². The lowest BCUT2D eigenvalue weighted by Crippen LogP contribution is -2.05. The fourth-order valence-corrected chi connectivity index (χ4v) is 1.85. The summed E-state index contributed by atoms with van der Waals surface area (Å²) in [4.78, 5) is 0. The van der Waals surface area contributed by atoms with Gasteiger partial charge in [0.25, 0.3) is 0 Å². The van der Waals surface area contributed by atoms with E-state index in [-0.39, 0.29) is 5.82 Å². The predicted molar refractivity (Wildman–Crippen MR) is 65.8 cm³/mol. The third kappa shape index (κ3) is 4.40. The maximum absolute atomic E-state index is 12.8. The molecule has 0 aliphatic carbocycles. The first-order valence-corrected chi connectivity index (χ1v) is 6.12. The van der Waals surface area contributed by atoms with Crippen molar-refractivity contribution < 1.29 is 9.13 Å². The second kappa shape index (κ2) is 6.74. The minimum atomic E-state index is -0.222. The summed E-state index contributed by atoms with van der Waals surface area (Å²) in [6, 6.07) is 4.58. The van der Waals surface area contributed by atoms with E-state index < -0.39 is 0 Å². The molecule has 3 heteroatoms. The van der Waals surface area contributed by atoms with Gasteiger partial charge in [0.05, 0.1) is 6.61 Å². The summed E-state index contributed by atoms with van der Waals surface area (Å²) < 4.78 is 18.4. The second-order valence-electron chi connectivity index (χ2n) is 4.13. The molecule has 1 nitrogen and oxygen atoms in total. The van der Waals surface area contributed by atoms with Crippen molar-refractivity contribution in [2.45, 2.75) is 26.7 Å². The molecule has 0 spiro atoms. The molecule has 0 radical (unpaired) electrons. The molecule has 0 heterocycles. The van der Waals surface area contributed by atoms with E-state index in [2.05, 4.69) is 6.92 Å². The number of alkyl halides is 1. The average Bonchev–Trinajstić information content (AvgIpc) is 2.22. The molecular weight excluding hydrogens is 227 g/mol. The van der Waals surface area contributed by atoms with Crippen molar-refractivity contribution in [2.24, 2.45) is 5.92 Å². The van der Waals surface area contributed by atoms with E-state index in [9.17, 15) is 4.39 Å². The minimum absolute atomic E-state index is 0.222. The predicted octanol–water partition coefficient (Wildman–Crippen LogP) is 4.17. The Kier molecular flexibility index (Phi) is 5.61. The molecule has 0 aliphatic rings. The fraction of sp³-hybridized carbons (Fsp3) is 0.538. The molecule has 0 amide bonds. The van der Waals surface area contributed by atoms with E-state index in [0.29, 0.717) is 18.4 Å². The van der Waals surface area contributed by atoms with E-state index in [1.165, 1.54) is 12.1 Å². The normalized spacial score (nSPS) is 12.5. The van der Waals surface area contributed by atoms with E-state index in [1.807, 2.05) is 6.92 Å². The van der Waals surface area contributed by atoms with Crippen molar-refractivity contribution in [3.8, 4) is 5.75 Å². The smallest absolute Gasteiger partial charge is 0.123 e. The lowest BCUT2D eigenvalue weighted by molar-refractivity contribution is 0.280. The van der Waals surface area contributed by atoms with Gasteiger partial charge in [0, 0.05) is 5.88 Å². The Morgan fingerprint density at radius 3 is 2.75 bits per heavy atom. The molecule has 0 aromatic heterocycles. The largest absolute Gasteiger partial charge is 0.493 e. The zero-order valence-electron chi connectivity index (χ0n) is 9.80. The molecule has 0 saturated carbocycles. The zero-order chi connectivity index (χ0) is 12.0. The summed E-state index contributed by atoms with van der Waals surface area (Å²) in [5, 5.41) is 0. The Bertz CT molecular complexity index is 328. The van der Waals surface area contributed by atoms with Crippen LogP contribution < -0.4 is 4.74 Å². The molecule has 1 aromatic carbocycles. The van der Waals surface area contributed by atoms with Gasteiger partial charge in [-0.3, -0.25) is 0 Å². The second-order valence-corrected chi connectivity index (χ2v) is 4.51. The van der Waals surface area contributed by atoms with Crippen LogP contribution in [0.4, 0.5) is 4.39 Å². The van der Waals surface area contributed by atoms with Gasteiger partial charge in [-0.25, -0.2) is 4.39 Å². The lowest BCUT2D eigenvalue weighted by atomic mass is 10.1. The van der Waals surface area contributed by atoms with E-state index >= 15 is 0 Å². The average molecular weight is 245 g/mol. The maximum atomic E-state index is 12.8. The summed E-state index contributed by atoms with van der Waals surface area (Å²) in [7, 11) is 0. The van der Waals surface area contributed by atoms with Crippen LogP contribution >= 0.6 is 11.6 Å². The third-order valence-corrected chi connectivity index (χ3v) is 2.83. The van der Waals surface area contributed by atoms with E-state index in [0.717, 1.165) is 24.2 Å². The van der Waals surface area contributed by atoms with Crippen LogP contribution in [0.25, 0.3) is 0 Å². The van der Waals surface area contributed by atoms with Crippen molar-refractivity contribution in [1.29, 1.82) is 0 Å². The topological polar surface area (TPSA) is 9.23 Å². The van der Waals surface area contributed by atoms with Gasteiger partial charge in [-0.15, -0.1) is 11.6 Å². The first-order valence-electron chi connectivity index (χ1n) is 5.58. The fourth-order valence-electron chi connectivity index (χ4n) is 1.48. The van der Waals surface area contributed by atoms with Crippen molar-refractivity contribution >= 4 is 11.6 Å². The van der Waals surface area contributed by atoms with Crippen LogP contribution in [0, 0.1) is 18.7 Å². The Hall–Kier alpha value is -0.760. The Morgan fingerprint density at radius 2 is 2.12 bits per heavy atom. The molecule has 1 aromatic rings. The number of hydrogen-bond acceptors (Lipinski definition) is 1. The van der Waals surface area contributed by atoms with Gasteiger partial charge in [-0.2, -0.15) is 0 Å². The van der Waals surface area contributed by atoms with Gasteiger partial charge >= 0.3 is 0 Å². The molecule has 0 saturated heterocycles. The molecule has 1 atom stereocenters.